The van der Waals surface area contributed by atoms with Crippen LogP contribution >= 0.6 is 0 Å². The smallest absolute Gasteiger partial charge is 0.230 e. The fraction of sp³-hybridized carbons (Fsp3) is 0.444. The Kier molecular flexibility index (Phi) is 3.96. The Hall–Kier alpha value is -2.17. The van der Waals surface area contributed by atoms with Gasteiger partial charge >= 0.3 is 0 Å². The van der Waals surface area contributed by atoms with Crippen LogP contribution in [0, 0.1) is 19.7 Å². The summed E-state index contributed by atoms with van der Waals surface area (Å²) in [5, 5.41) is 7.14. The van der Waals surface area contributed by atoms with Gasteiger partial charge in [-0.15, -0.1) is 0 Å². The van der Waals surface area contributed by atoms with Gasteiger partial charge in [0.05, 0.1) is 17.7 Å². The van der Waals surface area contributed by atoms with Crippen LogP contribution in [-0.2, 0) is 11.2 Å². The summed E-state index contributed by atoms with van der Waals surface area (Å²) in [5.74, 6) is -0.355. The van der Waals surface area contributed by atoms with Crippen LogP contribution in [0.25, 0.3) is 0 Å². The molecule has 1 aromatic heterocycles. The number of nitrogens with zero attached hydrogens (tertiary/aromatic N) is 2. The molecule has 1 aliphatic rings. The number of carbonyl (C=O) groups is 1. The predicted molar refractivity (Wildman–Crippen MR) is 86.7 cm³/mol. The van der Waals surface area contributed by atoms with Gasteiger partial charge in [0.2, 0.25) is 5.91 Å². The maximum Gasteiger partial charge on any atom is 0.230 e. The van der Waals surface area contributed by atoms with Crippen molar-refractivity contribution in [2.24, 2.45) is 0 Å². The van der Waals surface area contributed by atoms with Crippen LogP contribution in [0.1, 0.15) is 53.9 Å². The van der Waals surface area contributed by atoms with Crippen LogP contribution in [-0.4, -0.2) is 27.5 Å². The van der Waals surface area contributed by atoms with Crippen LogP contribution in [0.2, 0.25) is 0 Å². The number of rotatable bonds is 2. The normalized spacial score (nSPS) is 18.7. The molecule has 5 heteroatoms. The highest BCUT2D eigenvalue weighted by Crippen LogP contribution is 2.33. The molecule has 1 amide bonds. The molecule has 0 aliphatic carbocycles. The molecule has 122 valence electrons. The average molecular weight is 315 g/mol. The molecule has 23 heavy (non-hydrogen) atoms. The lowest BCUT2D eigenvalue weighted by atomic mass is 9.90. The molecule has 0 unspecified atom stereocenters. The molecular weight excluding hydrogens is 293 g/mol. The Morgan fingerprint density at radius 3 is 2.83 bits per heavy atom. The number of hydrogen-bond acceptors (Lipinski definition) is 2. The largest absolute Gasteiger partial charge is 0.335 e. The van der Waals surface area contributed by atoms with Gasteiger partial charge < -0.3 is 4.90 Å². The zero-order chi connectivity index (χ0) is 16.7. The van der Waals surface area contributed by atoms with E-state index in [-0.39, 0.29) is 23.7 Å². The van der Waals surface area contributed by atoms with E-state index in [1.807, 2.05) is 32.6 Å². The summed E-state index contributed by atoms with van der Waals surface area (Å²) in [6, 6.07) is 4.81. The number of benzene rings is 1. The highest BCUT2D eigenvalue weighted by atomic mass is 19.1. The van der Waals surface area contributed by atoms with Gasteiger partial charge in [-0.05, 0) is 57.4 Å². The Balaban J connectivity index is 1.88. The molecule has 3 rings (SSSR count). The van der Waals surface area contributed by atoms with E-state index in [2.05, 4.69) is 10.2 Å². The molecule has 1 aliphatic heterocycles. The minimum Gasteiger partial charge on any atom is -0.335 e. The second-order valence-corrected chi connectivity index (χ2v) is 6.37. The van der Waals surface area contributed by atoms with Gasteiger partial charge in [-0.25, -0.2) is 4.39 Å². The molecule has 2 aromatic rings. The van der Waals surface area contributed by atoms with Crippen molar-refractivity contribution in [2.75, 3.05) is 6.54 Å². The maximum atomic E-state index is 13.4. The number of carbonyl (C=O) groups excluding carboxylic acids is 1. The number of nitrogens with one attached hydrogen (secondary N) is 1. The lowest BCUT2D eigenvalue weighted by Gasteiger charge is -2.37. The Labute approximate surface area is 135 Å². The zero-order valence-electron chi connectivity index (χ0n) is 14.0. The lowest BCUT2D eigenvalue weighted by Crippen LogP contribution is -2.41. The molecule has 0 bridgehead atoms. The van der Waals surface area contributed by atoms with Gasteiger partial charge in [-0.3, -0.25) is 9.89 Å². The third kappa shape index (κ3) is 2.64. The first-order valence-corrected chi connectivity index (χ1v) is 8.00. The molecule has 0 radical (unpaired) electrons. The fourth-order valence-electron chi connectivity index (χ4n) is 3.67. The molecule has 1 N–H and O–H groups in total. The third-order valence-electron chi connectivity index (χ3n) is 4.92. The van der Waals surface area contributed by atoms with E-state index in [1.165, 1.54) is 6.07 Å². The number of halogens is 1. The highest BCUT2D eigenvalue weighted by Gasteiger charge is 2.32. The quantitative estimate of drug-likeness (QED) is 0.923. The van der Waals surface area contributed by atoms with Crippen molar-refractivity contribution < 1.29 is 9.18 Å². The van der Waals surface area contributed by atoms with Crippen molar-refractivity contribution in [3.8, 4) is 0 Å². The molecular formula is C18H22FN3O. The van der Waals surface area contributed by atoms with E-state index >= 15 is 0 Å². The number of hydrogen-bond donors (Lipinski definition) is 1. The van der Waals surface area contributed by atoms with Crippen molar-refractivity contribution in [3.63, 3.8) is 0 Å². The minimum absolute atomic E-state index is 0.0400. The van der Waals surface area contributed by atoms with E-state index in [0.717, 1.165) is 28.1 Å². The van der Waals surface area contributed by atoms with Crippen LogP contribution in [0.5, 0.6) is 0 Å². The summed E-state index contributed by atoms with van der Waals surface area (Å²) < 4.78 is 13.4. The van der Waals surface area contributed by atoms with Gasteiger partial charge in [-0.2, -0.15) is 5.10 Å². The second kappa shape index (κ2) is 5.80. The maximum absolute atomic E-state index is 13.4. The molecule has 0 saturated heterocycles. The van der Waals surface area contributed by atoms with Crippen LogP contribution in [0.15, 0.2) is 18.2 Å². The number of amides is 1. The number of H-pyrrole nitrogens is 1. The number of aromatic amines is 1. The van der Waals surface area contributed by atoms with Gasteiger partial charge in [0.1, 0.15) is 5.82 Å². The van der Waals surface area contributed by atoms with Crippen molar-refractivity contribution >= 4 is 5.91 Å². The van der Waals surface area contributed by atoms with Gasteiger partial charge in [0.15, 0.2) is 0 Å². The molecule has 4 nitrogen and oxygen atoms in total. The van der Waals surface area contributed by atoms with E-state index < -0.39 is 0 Å². The minimum atomic E-state index is -0.238. The van der Waals surface area contributed by atoms with Gasteiger partial charge in [-0.1, -0.05) is 6.07 Å². The lowest BCUT2D eigenvalue weighted by molar-refractivity contribution is -0.135. The van der Waals surface area contributed by atoms with Crippen molar-refractivity contribution in [3.05, 3.63) is 52.1 Å². The van der Waals surface area contributed by atoms with E-state index in [1.54, 1.807) is 12.1 Å². The summed E-state index contributed by atoms with van der Waals surface area (Å²) in [6.07, 6.45) is 0.694. The molecule has 2 atom stereocenters. The van der Waals surface area contributed by atoms with Gasteiger partial charge in [0.25, 0.3) is 0 Å². The first kappa shape index (κ1) is 15.7. The Bertz CT molecular complexity index is 733. The van der Waals surface area contributed by atoms with Crippen molar-refractivity contribution in [2.45, 2.75) is 46.1 Å². The standard InChI is InChI=1S/C18H22FN3O/c1-10(17-11(2)20-21-12(17)3)18(23)22-8-7-14-9-15(19)5-6-16(14)13(22)4/h5-6,9-10,13H,7-8H2,1-4H3,(H,20,21)/t10-,13-/m0/s1. The number of aryl methyl sites for hydroxylation is 2. The molecule has 0 saturated carbocycles. The molecule has 2 heterocycles. The monoisotopic (exact) mass is 315 g/mol. The van der Waals surface area contributed by atoms with Crippen LogP contribution in [0.4, 0.5) is 4.39 Å². The van der Waals surface area contributed by atoms with E-state index in [4.69, 9.17) is 0 Å². The Morgan fingerprint density at radius 1 is 1.43 bits per heavy atom. The number of aromatic nitrogens is 2. The second-order valence-electron chi connectivity index (χ2n) is 6.37. The summed E-state index contributed by atoms with van der Waals surface area (Å²) >= 11 is 0. The SMILES string of the molecule is Cc1n[nH]c(C)c1[C@H](C)C(=O)N1CCc2cc(F)ccc2[C@@H]1C. The topological polar surface area (TPSA) is 49.0 Å². The average Bonchev–Trinajstić information content (AvgIpc) is 2.85. The zero-order valence-corrected chi connectivity index (χ0v) is 14.0. The van der Waals surface area contributed by atoms with Crippen molar-refractivity contribution in [1.29, 1.82) is 0 Å². The molecule has 0 fully saturated rings. The predicted octanol–water partition coefficient (Wildman–Crippen LogP) is 3.42. The van der Waals surface area contributed by atoms with Crippen LogP contribution in [0.3, 0.4) is 0 Å². The van der Waals surface area contributed by atoms with Crippen LogP contribution < -0.4 is 0 Å². The fourth-order valence-corrected chi connectivity index (χ4v) is 3.67. The Morgan fingerprint density at radius 2 is 2.17 bits per heavy atom. The van der Waals surface area contributed by atoms with Crippen molar-refractivity contribution in [1.82, 2.24) is 15.1 Å². The first-order valence-electron chi connectivity index (χ1n) is 8.00. The van der Waals surface area contributed by atoms with E-state index in [0.29, 0.717) is 13.0 Å². The summed E-state index contributed by atoms with van der Waals surface area (Å²) in [7, 11) is 0. The number of fused-ring (bicyclic) bond motifs is 1. The summed E-state index contributed by atoms with van der Waals surface area (Å²) in [4.78, 5) is 14.9. The van der Waals surface area contributed by atoms with Gasteiger partial charge in [0, 0.05) is 17.8 Å². The third-order valence-corrected chi connectivity index (χ3v) is 4.92. The molecule has 1 aromatic carbocycles. The summed E-state index contributed by atoms with van der Waals surface area (Å²) in [5.41, 5.74) is 4.83. The van der Waals surface area contributed by atoms with E-state index in [9.17, 15) is 9.18 Å². The molecule has 0 spiro atoms. The summed E-state index contributed by atoms with van der Waals surface area (Å²) in [6.45, 7) is 8.42. The highest BCUT2D eigenvalue weighted by molar-refractivity contribution is 5.84. The first-order chi connectivity index (χ1) is 10.9.